The van der Waals surface area contributed by atoms with Gasteiger partial charge in [-0.15, -0.1) is 0 Å². The molecule has 27 heavy (non-hydrogen) atoms. The summed E-state index contributed by atoms with van der Waals surface area (Å²) in [7, 11) is 0. The number of benzene rings is 2. The van der Waals surface area contributed by atoms with E-state index in [2.05, 4.69) is 21.2 Å². The fourth-order valence-corrected chi connectivity index (χ4v) is 3.54. The quantitative estimate of drug-likeness (QED) is 0.696. The molecule has 0 heterocycles. The van der Waals surface area contributed by atoms with Crippen molar-refractivity contribution < 1.29 is 14.3 Å². The lowest BCUT2D eigenvalue weighted by Gasteiger charge is -2.18. The Balaban J connectivity index is 1.96. The molecule has 0 aromatic heterocycles. The topological polar surface area (TPSA) is 58.6 Å². The standard InChI is InChI=1S/C21H25BrN2O3/c1-5-24(6-2)21(26)16-7-9-18(10-8-16)23-19(25)13-27-20-14(3)11-17(22)12-15(20)4/h7-12H,5-6,13H2,1-4H3,(H,23,25). The summed E-state index contributed by atoms with van der Waals surface area (Å²) in [6, 6.07) is 10.8. The summed E-state index contributed by atoms with van der Waals surface area (Å²) in [4.78, 5) is 26.2. The second kappa shape index (κ2) is 9.55. The molecule has 0 fully saturated rings. The summed E-state index contributed by atoms with van der Waals surface area (Å²) in [5, 5.41) is 2.79. The van der Waals surface area contributed by atoms with E-state index >= 15 is 0 Å². The molecule has 0 radical (unpaired) electrons. The van der Waals surface area contributed by atoms with Gasteiger partial charge in [-0.2, -0.15) is 0 Å². The van der Waals surface area contributed by atoms with Gasteiger partial charge in [-0.25, -0.2) is 0 Å². The Morgan fingerprint density at radius 1 is 1.04 bits per heavy atom. The Morgan fingerprint density at radius 2 is 1.59 bits per heavy atom. The first kappa shape index (κ1) is 21.0. The third kappa shape index (κ3) is 5.57. The minimum atomic E-state index is -0.250. The number of anilines is 1. The lowest BCUT2D eigenvalue weighted by molar-refractivity contribution is -0.118. The molecule has 0 aliphatic carbocycles. The zero-order chi connectivity index (χ0) is 20.0. The van der Waals surface area contributed by atoms with Gasteiger partial charge >= 0.3 is 0 Å². The minimum absolute atomic E-state index is 0.0117. The highest BCUT2D eigenvalue weighted by molar-refractivity contribution is 9.10. The van der Waals surface area contributed by atoms with Gasteiger partial charge in [-0.3, -0.25) is 9.59 Å². The molecule has 0 unspecified atom stereocenters. The highest BCUT2D eigenvalue weighted by Gasteiger charge is 2.13. The Labute approximate surface area is 168 Å². The number of carbonyl (C=O) groups excluding carboxylic acids is 2. The van der Waals surface area contributed by atoms with Crippen LogP contribution in [0, 0.1) is 13.8 Å². The fourth-order valence-electron chi connectivity index (χ4n) is 2.85. The summed E-state index contributed by atoms with van der Waals surface area (Å²) < 4.78 is 6.67. The molecule has 0 spiro atoms. The number of carbonyl (C=O) groups is 2. The van der Waals surface area contributed by atoms with Gasteiger partial charge in [0.1, 0.15) is 5.75 Å². The fraction of sp³-hybridized carbons (Fsp3) is 0.333. The second-order valence-electron chi connectivity index (χ2n) is 6.26. The van der Waals surface area contributed by atoms with E-state index in [9.17, 15) is 9.59 Å². The van der Waals surface area contributed by atoms with Crippen LogP contribution in [0.2, 0.25) is 0 Å². The van der Waals surface area contributed by atoms with Crippen molar-refractivity contribution >= 4 is 33.4 Å². The van der Waals surface area contributed by atoms with Crippen molar-refractivity contribution in [2.24, 2.45) is 0 Å². The van der Waals surface area contributed by atoms with Gasteiger partial charge in [-0.1, -0.05) is 15.9 Å². The van der Waals surface area contributed by atoms with Crippen LogP contribution in [0.4, 0.5) is 5.69 Å². The van der Waals surface area contributed by atoms with Crippen molar-refractivity contribution in [2.75, 3.05) is 25.0 Å². The molecule has 0 bridgehead atoms. The highest BCUT2D eigenvalue weighted by atomic mass is 79.9. The number of hydrogen-bond donors (Lipinski definition) is 1. The van der Waals surface area contributed by atoms with E-state index < -0.39 is 0 Å². The summed E-state index contributed by atoms with van der Waals surface area (Å²) >= 11 is 3.44. The van der Waals surface area contributed by atoms with E-state index in [4.69, 9.17) is 4.74 Å². The molecular weight excluding hydrogens is 408 g/mol. The van der Waals surface area contributed by atoms with Crippen molar-refractivity contribution in [3.05, 3.63) is 57.6 Å². The van der Waals surface area contributed by atoms with Gasteiger partial charge in [0.2, 0.25) is 0 Å². The van der Waals surface area contributed by atoms with E-state index in [1.54, 1.807) is 29.2 Å². The van der Waals surface area contributed by atoms with Crippen LogP contribution in [0.25, 0.3) is 0 Å². The molecule has 2 aromatic carbocycles. The number of ether oxygens (including phenoxy) is 1. The molecule has 2 rings (SSSR count). The molecule has 0 atom stereocenters. The molecule has 0 aliphatic heterocycles. The highest BCUT2D eigenvalue weighted by Crippen LogP contribution is 2.27. The Morgan fingerprint density at radius 3 is 2.11 bits per heavy atom. The van der Waals surface area contributed by atoms with Crippen LogP contribution in [0.15, 0.2) is 40.9 Å². The maximum Gasteiger partial charge on any atom is 0.262 e. The van der Waals surface area contributed by atoms with Crippen molar-refractivity contribution in [3.63, 3.8) is 0 Å². The predicted octanol–water partition coefficient (Wildman–Crippen LogP) is 4.57. The SMILES string of the molecule is CCN(CC)C(=O)c1ccc(NC(=O)COc2c(C)cc(Br)cc2C)cc1. The van der Waals surface area contributed by atoms with Crippen molar-refractivity contribution in [2.45, 2.75) is 27.7 Å². The van der Waals surface area contributed by atoms with Gasteiger partial charge in [0.25, 0.3) is 11.8 Å². The summed E-state index contributed by atoms with van der Waals surface area (Å²) in [6.07, 6.45) is 0. The first-order chi connectivity index (χ1) is 12.8. The molecule has 0 saturated heterocycles. The van der Waals surface area contributed by atoms with Crippen LogP contribution in [0.5, 0.6) is 5.75 Å². The van der Waals surface area contributed by atoms with E-state index in [0.717, 1.165) is 15.6 Å². The van der Waals surface area contributed by atoms with Gasteiger partial charge < -0.3 is 15.0 Å². The van der Waals surface area contributed by atoms with E-state index in [-0.39, 0.29) is 18.4 Å². The van der Waals surface area contributed by atoms with Crippen LogP contribution < -0.4 is 10.1 Å². The van der Waals surface area contributed by atoms with Crippen molar-refractivity contribution in [3.8, 4) is 5.75 Å². The molecule has 2 aromatic rings. The lowest BCUT2D eigenvalue weighted by Crippen LogP contribution is -2.30. The molecule has 1 N–H and O–H groups in total. The second-order valence-corrected chi connectivity index (χ2v) is 7.18. The van der Waals surface area contributed by atoms with Gasteiger partial charge in [0.15, 0.2) is 6.61 Å². The third-order valence-electron chi connectivity index (χ3n) is 4.24. The predicted molar refractivity (Wildman–Crippen MR) is 111 cm³/mol. The maximum absolute atomic E-state index is 12.3. The van der Waals surface area contributed by atoms with Crippen LogP contribution in [-0.4, -0.2) is 36.4 Å². The van der Waals surface area contributed by atoms with E-state index in [1.807, 2.05) is 39.8 Å². The zero-order valence-corrected chi connectivity index (χ0v) is 17.7. The number of nitrogens with one attached hydrogen (secondary N) is 1. The number of nitrogens with zero attached hydrogens (tertiary/aromatic N) is 1. The smallest absolute Gasteiger partial charge is 0.262 e. The summed E-state index contributed by atoms with van der Waals surface area (Å²) in [5.74, 6) is 0.454. The Bertz CT molecular complexity index is 792. The van der Waals surface area contributed by atoms with Gasteiger partial charge in [0.05, 0.1) is 0 Å². The monoisotopic (exact) mass is 432 g/mol. The molecule has 6 heteroatoms. The first-order valence-electron chi connectivity index (χ1n) is 8.94. The van der Waals surface area contributed by atoms with Crippen LogP contribution >= 0.6 is 15.9 Å². The Hall–Kier alpha value is -2.34. The van der Waals surface area contributed by atoms with Crippen molar-refractivity contribution in [1.82, 2.24) is 4.90 Å². The molecule has 5 nitrogen and oxygen atoms in total. The average molecular weight is 433 g/mol. The van der Waals surface area contributed by atoms with Crippen LogP contribution in [0.1, 0.15) is 35.3 Å². The Kier molecular flexibility index (Phi) is 7.42. The van der Waals surface area contributed by atoms with E-state index in [1.165, 1.54) is 0 Å². The largest absolute Gasteiger partial charge is 0.483 e. The lowest BCUT2D eigenvalue weighted by atomic mass is 10.1. The number of aryl methyl sites for hydroxylation is 2. The summed E-state index contributed by atoms with van der Waals surface area (Å²) in [5.41, 5.74) is 3.17. The molecule has 144 valence electrons. The van der Waals surface area contributed by atoms with Crippen LogP contribution in [0.3, 0.4) is 0 Å². The number of halogens is 1. The van der Waals surface area contributed by atoms with Crippen molar-refractivity contribution in [1.29, 1.82) is 0 Å². The molecule has 0 aliphatic rings. The maximum atomic E-state index is 12.3. The van der Waals surface area contributed by atoms with Crippen LogP contribution in [-0.2, 0) is 4.79 Å². The average Bonchev–Trinajstić information content (AvgIpc) is 2.62. The number of hydrogen-bond acceptors (Lipinski definition) is 3. The molecule has 2 amide bonds. The normalized spacial score (nSPS) is 10.4. The number of amides is 2. The molecular formula is C21H25BrN2O3. The zero-order valence-electron chi connectivity index (χ0n) is 16.1. The summed E-state index contributed by atoms with van der Waals surface area (Å²) in [6.45, 7) is 9.03. The van der Waals surface area contributed by atoms with Gasteiger partial charge in [0, 0.05) is 28.8 Å². The first-order valence-corrected chi connectivity index (χ1v) is 9.73. The number of rotatable bonds is 7. The van der Waals surface area contributed by atoms with Gasteiger partial charge in [-0.05, 0) is 75.2 Å². The third-order valence-corrected chi connectivity index (χ3v) is 4.70. The molecule has 0 saturated carbocycles. The van der Waals surface area contributed by atoms with E-state index in [0.29, 0.717) is 30.1 Å². The minimum Gasteiger partial charge on any atom is -0.483 e.